The van der Waals surface area contributed by atoms with Crippen molar-refractivity contribution < 1.29 is 14.6 Å². The van der Waals surface area contributed by atoms with Gasteiger partial charge < -0.3 is 14.7 Å². The van der Waals surface area contributed by atoms with Crippen LogP contribution in [0.5, 0.6) is 5.75 Å². The van der Waals surface area contributed by atoms with Gasteiger partial charge in [0.25, 0.3) is 5.91 Å². The number of halogens is 1. The van der Waals surface area contributed by atoms with E-state index in [9.17, 15) is 9.90 Å². The molecule has 28 heavy (non-hydrogen) atoms. The maximum atomic E-state index is 13.5. The molecule has 2 fully saturated rings. The van der Waals surface area contributed by atoms with Gasteiger partial charge in [-0.25, -0.2) is 0 Å². The standard InChI is InChI=1S/C23H26ClNO3/c1-28-20-12-5-3-9-17(20)21-18-10-6-7-13-23(18,27)14-15-25(21)22(26)16-8-2-4-11-19(16)24/h2-5,8-9,11-12,18,21,27H,6-7,10,13-15H2,1H3/t18-,21+,23-/m0/s1. The third-order valence-electron chi connectivity index (χ3n) is 6.39. The Labute approximate surface area is 171 Å². The Morgan fingerprint density at radius 3 is 2.68 bits per heavy atom. The van der Waals surface area contributed by atoms with Crippen LogP contribution in [0.2, 0.25) is 5.02 Å². The lowest BCUT2D eigenvalue weighted by molar-refractivity contribution is -0.115. The third kappa shape index (κ3) is 3.29. The molecule has 3 atom stereocenters. The van der Waals surface area contributed by atoms with Gasteiger partial charge in [0, 0.05) is 18.0 Å². The zero-order valence-corrected chi connectivity index (χ0v) is 16.9. The average Bonchev–Trinajstić information content (AvgIpc) is 2.72. The van der Waals surface area contributed by atoms with Gasteiger partial charge in [0.2, 0.25) is 0 Å². The molecule has 1 saturated heterocycles. The van der Waals surface area contributed by atoms with Crippen LogP contribution in [0.3, 0.4) is 0 Å². The quantitative estimate of drug-likeness (QED) is 0.802. The smallest absolute Gasteiger partial charge is 0.255 e. The molecule has 0 aromatic heterocycles. The summed E-state index contributed by atoms with van der Waals surface area (Å²) >= 11 is 6.33. The van der Waals surface area contributed by atoms with Gasteiger partial charge >= 0.3 is 0 Å². The van der Waals surface area contributed by atoms with Crippen molar-refractivity contribution in [1.82, 2.24) is 4.90 Å². The molecular formula is C23H26ClNO3. The van der Waals surface area contributed by atoms with E-state index in [2.05, 4.69) is 0 Å². The number of carbonyl (C=O) groups is 1. The zero-order chi connectivity index (χ0) is 19.7. The molecule has 1 aliphatic heterocycles. The normalized spacial score (nSPS) is 27.2. The second-order valence-corrected chi connectivity index (χ2v) is 8.28. The van der Waals surface area contributed by atoms with Crippen LogP contribution in [0.4, 0.5) is 0 Å². The van der Waals surface area contributed by atoms with Gasteiger partial charge in [-0.1, -0.05) is 54.8 Å². The third-order valence-corrected chi connectivity index (χ3v) is 6.72. The summed E-state index contributed by atoms with van der Waals surface area (Å²) in [7, 11) is 1.65. The fourth-order valence-corrected chi connectivity index (χ4v) is 5.21. The number of likely N-dealkylation sites (tertiary alicyclic amines) is 1. The molecule has 0 spiro atoms. The van der Waals surface area contributed by atoms with E-state index in [1.165, 1.54) is 0 Å². The van der Waals surface area contributed by atoms with Crippen LogP contribution in [0.25, 0.3) is 0 Å². The number of rotatable bonds is 3. The Balaban J connectivity index is 1.80. The molecule has 148 valence electrons. The van der Waals surface area contributed by atoms with Crippen molar-refractivity contribution in [3.8, 4) is 5.75 Å². The number of benzene rings is 2. The summed E-state index contributed by atoms with van der Waals surface area (Å²) in [6.45, 7) is 0.500. The summed E-state index contributed by atoms with van der Waals surface area (Å²) in [6.07, 6.45) is 4.37. The highest BCUT2D eigenvalue weighted by molar-refractivity contribution is 6.33. The first-order valence-electron chi connectivity index (χ1n) is 9.96. The molecule has 4 rings (SSSR count). The Morgan fingerprint density at radius 2 is 1.89 bits per heavy atom. The van der Waals surface area contributed by atoms with Crippen LogP contribution >= 0.6 is 11.6 Å². The minimum atomic E-state index is -0.735. The number of nitrogens with zero attached hydrogens (tertiary/aromatic N) is 1. The van der Waals surface area contributed by atoms with Gasteiger partial charge in [-0.2, -0.15) is 0 Å². The van der Waals surface area contributed by atoms with Crippen molar-refractivity contribution >= 4 is 17.5 Å². The highest BCUT2D eigenvalue weighted by Crippen LogP contribution is 2.51. The monoisotopic (exact) mass is 399 g/mol. The summed E-state index contributed by atoms with van der Waals surface area (Å²) in [6, 6.07) is 14.8. The zero-order valence-electron chi connectivity index (χ0n) is 16.1. The van der Waals surface area contributed by atoms with Crippen molar-refractivity contribution in [2.75, 3.05) is 13.7 Å². The SMILES string of the molecule is COc1ccccc1[C@@H]1[C@@H]2CCCC[C@]2(O)CCN1C(=O)c1ccccc1Cl. The first-order valence-corrected chi connectivity index (χ1v) is 10.3. The van der Waals surface area contributed by atoms with Crippen molar-refractivity contribution in [2.45, 2.75) is 43.7 Å². The number of methoxy groups -OCH3 is 1. The summed E-state index contributed by atoms with van der Waals surface area (Å²) in [4.78, 5) is 15.4. The van der Waals surface area contributed by atoms with E-state index in [-0.39, 0.29) is 17.9 Å². The fourth-order valence-electron chi connectivity index (χ4n) is 4.99. The molecule has 0 radical (unpaired) electrons. The first-order chi connectivity index (χ1) is 13.5. The Hall–Kier alpha value is -2.04. The number of carbonyl (C=O) groups excluding carboxylic acids is 1. The predicted molar refractivity (Wildman–Crippen MR) is 110 cm³/mol. The van der Waals surface area contributed by atoms with E-state index in [1.807, 2.05) is 41.3 Å². The van der Waals surface area contributed by atoms with Gasteiger partial charge in [0.15, 0.2) is 0 Å². The topological polar surface area (TPSA) is 49.8 Å². The number of hydrogen-bond donors (Lipinski definition) is 1. The maximum absolute atomic E-state index is 13.5. The van der Waals surface area contributed by atoms with Crippen molar-refractivity contribution in [3.05, 3.63) is 64.7 Å². The van der Waals surface area contributed by atoms with Crippen LogP contribution in [0.15, 0.2) is 48.5 Å². The number of aliphatic hydroxyl groups is 1. The molecule has 1 saturated carbocycles. The molecule has 1 amide bonds. The molecule has 1 heterocycles. The second-order valence-electron chi connectivity index (χ2n) is 7.87. The lowest BCUT2D eigenvalue weighted by atomic mass is 9.66. The number of amides is 1. The molecule has 2 aromatic carbocycles. The minimum Gasteiger partial charge on any atom is -0.496 e. The first kappa shape index (κ1) is 19.3. The van der Waals surface area contributed by atoms with Crippen LogP contribution < -0.4 is 4.74 Å². The van der Waals surface area contributed by atoms with Crippen molar-refractivity contribution in [2.24, 2.45) is 5.92 Å². The van der Waals surface area contributed by atoms with Crippen LogP contribution in [-0.2, 0) is 0 Å². The molecule has 0 bridgehead atoms. The Morgan fingerprint density at radius 1 is 1.14 bits per heavy atom. The largest absolute Gasteiger partial charge is 0.496 e. The van der Waals surface area contributed by atoms with Crippen molar-refractivity contribution in [1.29, 1.82) is 0 Å². The maximum Gasteiger partial charge on any atom is 0.255 e. The van der Waals surface area contributed by atoms with Gasteiger partial charge in [-0.15, -0.1) is 0 Å². The number of fused-ring (bicyclic) bond motifs is 1. The molecule has 1 aliphatic carbocycles. The van der Waals surface area contributed by atoms with E-state index >= 15 is 0 Å². The van der Waals surface area contributed by atoms with Gasteiger partial charge in [-0.3, -0.25) is 4.79 Å². The van der Waals surface area contributed by atoms with E-state index in [4.69, 9.17) is 16.3 Å². The molecule has 2 aliphatic rings. The van der Waals surface area contributed by atoms with Crippen LogP contribution in [0.1, 0.15) is 54.1 Å². The van der Waals surface area contributed by atoms with E-state index in [0.717, 1.165) is 37.0 Å². The Kier molecular flexibility index (Phi) is 5.35. The van der Waals surface area contributed by atoms with E-state index in [1.54, 1.807) is 19.2 Å². The van der Waals surface area contributed by atoms with E-state index in [0.29, 0.717) is 23.6 Å². The highest BCUT2D eigenvalue weighted by Gasteiger charge is 2.51. The highest BCUT2D eigenvalue weighted by atomic mass is 35.5. The summed E-state index contributed by atoms with van der Waals surface area (Å²) in [5, 5.41) is 11.9. The molecule has 5 heteroatoms. The van der Waals surface area contributed by atoms with Crippen molar-refractivity contribution in [3.63, 3.8) is 0 Å². The molecule has 4 nitrogen and oxygen atoms in total. The fraction of sp³-hybridized carbons (Fsp3) is 0.435. The molecule has 1 N–H and O–H groups in total. The predicted octanol–water partition coefficient (Wildman–Crippen LogP) is 4.86. The number of piperidine rings is 1. The Bertz CT molecular complexity index is 870. The summed E-state index contributed by atoms with van der Waals surface area (Å²) in [5.41, 5.74) is 0.724. The van der Waals surface area contributed by atoms with Gasteiger partial charge in [0.1, 0.15) is 5.75 Å². The molecule has 2 aromatic rings. The van der Waals surface area contributed by atoms with Gasteiger partial charge in [-0.05, 0) is 37.5 Å². The van der Waals surface area contributed by atoms with Crippen LogP contribution in [-0.4, -0.2) is 35.2 Å². The number of para-hydroxylation sites is 1. The lowest BCUT2D eigenvalue weighted by Gasteiger charge is -2.52. The molecule has 0 unspecified atom stereocenters. The van der Waals surface area contributed by atoms with E-state index < -0.39 is 5.60 Å². The number of hydrogen-bond acceptors (Lipinski definition) is 3. The second kappa shape index (κ2) is 7.76. The number of ether oxygens (including phenoxy) is 1. The van der Waals surface area contributed by atoms with Gasteiger partial charge in [0.05, 0.1) is 29.3 Å². The lowest BCUT2D eigenvalue weighted by Crippen LogP contribution is -2.56. The molecular weight excluding hydrogens is 374 g/mol. The summed E-state index contributed by atoms with van der Waals surface area (Å²) in [5.74, 6) is 0.645. The average molecular weight is 400 g/mol. The minimum absolute atomic E-state index is 0.0160. The summed E-state index contributed by atoms with van der Waals surface area (Å²) < 4.78 is 5.62. The van der Waals surface area contributed by atoms with Crippen LogP contribution in [0, 0.1) is 5.92 Å².